The summed E-state index contributed by atoms with van der Waals surface area (Å²) in [7, 11) is 0. The van der Waals surface area contributed by atoms with Crippen LogP contribution in [0.2, 0.25) is 0 Å². The van der Waals surface area contributed by atoms with Gasteiger partial charge in [-0.3, -0.25) is 0 Å². The first-order chi connectivity index (χ1) is 9.24. The third-order valence-corrected chi connectivity index (χ3v) is 5.91. The predicted molar refractivity (Wildman–Crippen MR) is 81.6 cm³/mol. The third-order valence-electron chi connectivity index (χ3n) is 5.09. The first-order valence-corrected chi connectivity index (χ1v) is 8.77. The number of fused-ring (bicyclic) bond motifs is 2. The van der Waals surface area contributed by atoms with E-state index in [0.717, 1.165) is 30.7 Å². The maximum Gasteiger partial charge on any atom is 0.0897 e. The molecule has 19 heavy (non-hydrogen) atoms. The van der Waals surface area contributed by atoms with Gasteiger partial charge in [0.1, 0.15) is 0 Å². The summed E-state index contributed by atoms with van der Waals surface area (Å²) in [5, 5.41) is 7.13. The van der Waals surface area contributed by atoms with Gasteiger partial charge in [-0.25, -0.2) is 4.98 Å². The maximum absolute atomic E-state index is 4.63. The van der Waals surface area contributed by atoms with Gasteiger partial charge < -0.3 is 5.32 Å². The molecule has 2 fully saturated rings. The fraction of sp³-hybridized carbons (Fsp3) is 0.812. The number of thiazole rings is 1. The molecule has 0 aromatic carbocycles. The van der Waals surface area contributed by atoms with Crippen LogP contribution in [0.25, 0.3) is 0 Å². The fourth-order valence-corrected chi connectivity index (χ4v) is 4.94. The summed E-state index contributed by atoms with van der Waals surface area (Å²) in [4.78, 5) is 4.63. The summed E-state index contributed by atoms with van der Waals surface area (Å²) in [6.07, 6.45) is 8.53. The Morgan fingerprint density at radius 1 is 1.42 bits per heavy atom. The first-order valence-electron chi connectivity index (χ1n) is 7.89. The summed E-state index contributed by atoms with van der Waals surface area (Å²) in [5.41, 5.74) is 1.29. The normalized spacial score (nSPS) is 30.9. The Labute approximate surface area is 121 Å². The molecule has 3 rings (SSSR count). The van der Waals surface area contributed by atoms with Crippen molar-refractivity contribution in [2.24, 2.45) is 17.8 Å². The molecule has 1 aromatic rings. The summed E-state index contributed by atoms with van der Waals surface area (Å²) in [6.45, 7) is 5.40. The van der Waals surface area contributed by atoms with Gasteiger partial charge in [0, 0.05) is 17.8 Å². The highest BCUT2D eigenvalue weighted by Crippen LogP contribution is 2.49. The molecule has 2 saturated carbocycles. The lowest BCUT2D eigenvalue weighted by molar-refractivity contribution is 0.277. The van der Waals surface area contributed by atoms with E-state index in [0.29, 0.717) is 6.04 Å². The number of nitrogens with zero attached hydrogens (tertiary/aromatic N) is 1. The molecule has 106 valence electrons. The van der Waals surface area contributed by atoms with Crippen LogP contribution in [0.3, 0.4) is 0 Å². The summed E-state index contributed by atoms with van der Waals surface area (Å²) in [6, 6.07) is 0.635. The second-order valence-electron chi connectivity index (χ2n) is 6.49. The van der Waals surface area contributed by atoms with Crippen molar-refractivity contribution in [3.8, 4) is 0 Å². The molecule has 1 aromatic heterocycles. The van der Waals surface area contributed by atoms with Crippen LogP contribution in [0, 0.1) is 24.7 Å². The molecule has 0 aliphatic heterocycles. The zero-order valence-electron chi connectivity index (χ0n) is 12.2. The smallest absolute Gasteiger partial charge is 0.0897 e. The van der Waals surface area contributed by atoms with Gasteiger partial charge in [-0.2, -0.15) is 0 Å². The Morgan fingerprint density at radius 3 is 2.89 bits per heavy atom. The number of aryl methyl sites for hydroxylation is 1. The standard InChI is InChI=1S/C16H26N2S/c1-3-17-15(9-16-10-19-11(2)18-16)8-14-7-12-4-5-13(14)6-12/h10,12-15,17H,3-9H2,1-2H3. The molecule has 1 N–H and O–H groups in total. The van der Waals surface area contributed by atoms with E-state index >= 15 is 0 Å². The largest absolute Gasteiger partial charge is 0.314 e. The van der Waals surface area contributed by atoms with E-state index in [1.807, 2.05) is 0 Å². The quantitative estimate of drug-likeness (QED) is 0.856. The number of aromatic nitrogens is 1. The van der Waals surface area contributed by atoms with Crippen molar-refractivity contribution >= 4 is 11.3 Å². The lowest BCUT2D eigenvalue weighted by Crippen LogP contribution is -2.34. The van der Waals surface area contributed by atoms with Crippen LogP contribution in [-0.2, 0) is 6.42 Å². The van der Waals surface area contributed by atoms with Gasteiger partial charge in [-0.1, -0.05) is 13.3 Å². The summed E-state index contributed by atoms with van der Waals surface area (Å²) < 4.78 is 0. The molecule has 2 aliphatic rings. The molecular weight excluding hydrogens is 252 g/mol. The fourth-order valence-electron chi connectivity index (χ4n) is 4.31. The number of rotatable bonds is 6. The van der Waals surface area contributed by atoms with E-state index in [2.05, 4.69) is 29.5 Å². The van der Waals surface area contributed by atoms with Crippen LogP contribution in [0.5, 0.6) is 0 Å². The zero-order valence-corrected chi connectivity index (χ0v) is 13.0. The lowest BCUT2D eigenvalue weighted by Gasteiger charge is -2.27. The molecule has 0 spiro atoms. The van der Waals surface area contributed by atoms with Crippen molar-refractivity contribution in [1.29, 1.82) is 0 Å². The molecule has 0 radical (unpaired) electrons. The van der Waals surface area contributed by atoms with Crippen molar-refractivity contribution in [3.05, 3.63) is 16.1 Å². The van der Waals surface area contributed by atoms with Crippen LogP contribution >= 0.6 is 11.3 Å². The number of likely N-dealkylation sites (N-methyl/N-ethyl adjacent to an activating group) is 1. The van der Waals surface area contributed by atoms with E-state index in [1.165, 1.54) is 42.8 Å². The molecular formula is C16H26N2S. The average molecular weight is 278 g/mol. The van der Waals surface area contributed by atoms with E-state index in [1.54, 1.807) is 11.3 Å². The molecule has 4 unspecified atom stereocenters. The van der Waals surface area contributed by atoms with Crippen molar-refractivity contribution < 1.29 is 0 Å². The van der Waals surface area contributed by atoms with E-state index in [4.69, 9.17) is 0 Å². The summed E-state index contributed by atoms with van der Waals surface area (Å²) in [5.74, 6) is 3.10. The van der Waals surface area contributed by atoms with Gasteiger partial charge in [0.25, 0.3) is 0 Å². The molecule has 2 bridgehead atoms. The highest BCUT2D eigenvalue weighted by atomic mass is 32.1. The monoisotopic (exact) mass is 278 g/mol. The molecule has 0 amide bonds. The maximum atomic E-state index is 4.63. The summed E-state index contributed by atoms with van der Waals surface area (Å²) >= 11 is 1.78. The molecule has 1 heterocycles. The van der Waals surface area contributed by atoms with Gasteiger partial charge in [0.05, 0.1) is 10.7 Å². The minimum Gasteiger partial charge on any atom is -0.314 e. The van der Waals surface area contributed by atoms with Crippen LogP contribution in [-0.4, -0.2) is 17.6 Å². The zero-order chi connectivity index (χ0) is 13.2. The average Bonchev–Trinajstić information content (AvgIpc) is 3.06. The van der Waals surface area contributed by atoms with Crippen LogP contribution in [0.15, 0.2) is 5.38 Å². The Morgan fingerprint density at radius 2 is 2.32 bits per heavy atom. The number of hydrogen-bond acceptors (Lipinski definition) is 3. The van der Waals surface area contributed by atoms with Crippen molar-refractivity contribution in [1.82, 2.24) is 10.3 Å². The first kappa shape index (κ1) is 13.6. The predicted octanol–water partition coefficient (Wildman–Crippen LogP) is 3.80. The topological polar surface area (TPSA) is 24.9 Å². The highest BCUT2D eigenvalue weighted by molar-refractivity contribution is 7.09. The van der Waals surface area contributed by atoms with E-state index in [-0.39, 0.29) is 0 Å². The van der Waals surface area contributed by atoms with Crippen molar-refractivity contribution in [2.75, 3.05) is 6.54 Å². The van der Waals surface area contributed by atoms with Crippen LogP contribution < -0.4 is 5.32 Å². The Bertz CT molecular complexity index is 415. The molecule has 3 heteroatoms. The van der Waals surface area contributed by atoms with Crippen LogP contribution in [0.4, 0.5) is 0 Å². The molecule has 0 saturated heterocycles. The van der Waals surface area contributed by atoms with Gasteiger partial charge in [-0.05, 0) is 56.9 Å². The van der Waals surface area contributed by atoms with E-state index in [9.17, 15) is 0 Å². The molecule has 2 aliphatic carbocycles. The Balaban J connectivity index is 1.58. The Hall–Kier alpha value is -0.410. The Kier molecular flexibility index (Phi) is 4.23. The third kappa shape index (κ3) is 3.19. The van der Waals surface area contributed by atoms with Gasteiger partial charge in [0.2, 0.25) is 0 Å². The number of nitrogens with one attached hydrogen (secondary N) is 1. The van der Waals surface area contributed by atoms with Gasteiger partial charge in [0.15, 0.2) is 0 Å². The molecule has 4 atom stereocenters. The second-order valence-corrected chi connectivity index (χ2v) is 7.55. The molecule has 2 nitrogen and oxygen atoms in total. The number of hydrogen-bond donors (Lipinski definition) is 1. The van der Waals surface area contributed by atoms with Crippen molar-refractivity contribution in [3.63, 3.8) is 0 Å². The SMILES string of the molecule is CCNC(Cc1csc(C)n1)CC1CC2CCC1C2. The van der Waals surface area contributed by atoms with Gasteiger partial charge >= 0.3 is 0 Å². The lowest BCUT2D eigenvalue weighted by atomic mass is 9.83. The van der Waals surface area contributed by atoms with Crippen molar-refractivity contribution in [2.45, 2.75) is 58.4 Å². The van der Waals surface area contributed by atoms with Gasteiger partial charge in [-0.15, -0.1) is 11.3 Å². The second kappa shape index (κ2) is 5.92. The van der Waals surface area contributed by atoms with Crippen LogP contribution in [0.1, 0.15) is 49.7 Å². The van der Waals surface area contributed by atoms with E-state index < -0.39 is 0 Å². The minimum absolute atomic E-state index is 0.635. The highest BCUT2D eigenvalue weighted by Gasteiger charge is 2.40. The minimum atomic E-state index is 0.635.